The van der Waals surface area contributed by atoms with Crippen molar-refractivity contribution in [1.29, 1.82) is 0 Å². The van der Waals surface area contributed by atoms with E-state index in [1.807, 2.05) is 44.2 Å². The molecule has 1 fully saturated rings. The molecule has 1 heterocycles. The fraction of sp³-hybridized carbons (Fsp3) is 0.458. The quantitative estimate of drug-likeness (QED) is 0.667. The van der Waals surface area contributed by atoms with Crippen molar-refractivity contribution < 1.29 is 17.9 Å². The maximum atomic E-state index is 13.1. The van der Waals surface area contributed by atoms with Crippen LogP contribution in [0.1, 0.15) is 48.4 Å². The molecular weight excluding hydrogens is 398 g/mol. The van der Waals surface area contributed by atoms with Crippen LogP contribution in [-0.4, -0.2) is 43.4 Å². The Hall–Kier alpha value is -2.34. The predicted molar refractivity (Wildman–Crippen MR) is 120 cm³/mol. The van der Waals surface area contributed by atoms with Crippen molar-refractivity contribution in [2.24, 2.45) is 0 Å². The number of carbonyl (C=O) groups is 1. The van der Waals surface area contributed by atoms with Gasteiger partial charge in [0.05, 0.1) is 11.5 Å². The van der Waals surface area contributed by atoms with E-state index in [0.29, 0.717) is 24.6 Å². The van der Waals surface area contributed by atoms with Crippen LogP contribution >= 0.6 is 0 Å². The molecule has 6 heteroatoms. The summed E-state index contributed by atoms with van der Waals surface area (Å²) >= 11 is 0. The molecule has 0 aromatic heterocycles. The lowest BCUT2D eigenvalue weighted by molar-refractivity contribution is -0.136. The Balaban J connectivity index is 1.74. The third-order valence-corrected chi connectivity index (χ3v) is 7.56. The molecule has 0 aliphatic carbocycles. The smallest absolute Gasteiger partial charge is 0.261 e. The van der Waals surface area contributed by atoms with E-state index in [4.69, 9.17) is 4.74 Å². The minimum atomic E-state index is -3.10. The molecule has 1 amide bonds. The predicted octanol–water partition coefficient (Wildman–Crippen LogP) is 4.02. The van der Waals surface area contributed by atoms with Crippen LogP contribution in [0.25, 0.3) is 0 Å². The lowest BCUT2D eigenvalue weighted by Gasteiger charge is -2.28. The van der Waals surface area contributed by atoms with Crippen LogP contribution in [0.15, 0.2) is 42.5 Å². The number of nitrogens with zero attached hydrogens (tertiary/aromatic N) is 1. The van der Waals surface area contributed by atoms with Crippen molar-refractivity contribution in [3.8, 4) is 5.75 Å². The molecule has 0 bridgehead atoms. The third-order valence-electron chi connectivity index (χ3n) is 5.81. The van der Waals surface area contributed by atoms with Crippen molar-refractivity contribution >= 4 is 15.7 Å². The van der Waals surface area contributed by atoms with Gasteiger partial charge in [0, 0.05) is 12.6 Å². The Bertz CT molecular complexity index is 996. The maximum Gasteiger partial charge on any atom is 0.261 e. The summed E-state index contributed by atoms with van der Waals surface area (Å²) in [6.45, 7) is 8.57. The zero-order valence-electron chi connectivity index (χ0n) is 18.2. The highest BCUT2D eigenvalue weighted by molar-refractivity contribution is 7.91. The van der Waals surface area contributed by atoms with Gasteiger partial charge in [-0.3, -0.25) is 4.79 Å². The summed E-state index contributed by atoms with van der Waals surface area (Å²) in [5.74, 6) is 1.04. The second kappa shape index (κ2) is 9.21. The Labute approximate surface area is 180 Å². The molecule has 2 aromatic rings. The van der Waals surface area contributed by atoms with E-state index in [-0.39, 0.29) is 30.1 Å². The molecular formula is C24H31NO4S. The topological polar surface area (TPSA) is 63.7 Å². The van der Waals surface area contributed by atoms with E-state index in [9.17, 15) is 13.2 Å². The van der Waals surface area contributed by atoms with Gasteiger partial charge in [-0.05, 0) is 60.6 Å². The van der Waals surface area contributed by atoms with Gasteiger partial charge in [-0.25, -0.2) is 8.42 Å². The molecule has 1 saturated heterocycles. The highest BCUT2D eigenvalue weighted by Crippen LogP contribution is 2.23. The summed E-state index contributed by atoms with van der Waals surface area (Å²) in [7, 11) is -3.10. The molecule has 2 aromatic carbocycles. The van der Waals surface area contributed by atoms with Gasteiger partial charge in [0.1, 0.15) is 5.75 Å². The fourth-order valence-electron chi connectivity index (χ4n) is 3.68. The first-order valence-corrected chi connectivity index (χ1v) is 12.3. The SMILES string of the molecule is Cc1ccc(OCC(=O)N(Cc2ccc(C(C)C)cc2)C2CCS(=O)(=O)C2)cc1C. The molecule has 0 N–H and O–H groups in total. The second-order valence-electron chi connectivity index (χ2n) is 8.51. The molecule has 0 saturated carbocycles. The zero-order valence-corrected chi connectivity index (χ0v) is 19.0. The summed E-state index contributed by atoms with van der Waals surface area (Å²) < 4.78 is 29.8. The molecule has 5 nitrogen and oxygen atoms in total. The normalized spacial score (nSPS) is 17.8. The first kappa shape index (κ1) is 22.3. The lowest BCUT2D eigenvalue weighted by atomic mass is 10.0. The van der Waals surface area contributed by atoms with Gasteiger partial charge in [0.2, 0.25) is 0 Å². The van der Waals surface area contributed by atoms with Gasteiger partial charge >= 0.3 is 0 Å². The van der Waals surface area contributed by atoms with E-state index < -0.39 is 9.84 Å². The Morgan fingerprint density at radius 2 is 1.80 bits per heavy atom. The van der Waals surface area contributed by atoms with Crippen LogP contribution in [-0.2, 0) is 21.2 Å². The standard InChI is InChI=1S/C24H31NO4S/c1-17(2)21-8-6-20(7-9-21)14-25(22-11-12-30(27,28)16-22)24(26)15-29-23-10-5-18(3)19(4)13-23/h5-10,13,17,22H,11-12,14-16H2,1-4H3. The van der Waals surface area contributed by atoms with Crippen LogP contribution in [0.5, 0.6) is 5.75 Å². The van der Waals surface area contributed by atoms with E-state index in [2.05, 4.69) is 26.0 Å². The molecule has 162 valence electrons. The number of hydrogen-bond acceptors (Lipinski definition) is 4. The number of aryl methyl sites for hydroxylation is 2. The fourth-order valence-corrected chi connectivity index (χ4v) is 5.41. The van der Waals surface area contributed by atoms with Crippen molar-refractivity contribution in [2.75, 3.05) is 18.1 Å². The van der Waals surface area contributed by atoms with Gasteiger partial charge in [-0.1, -0.05) is 44.2 Å². The van der Waals surface area contributed by atoms with E-state index in [1.54, 1.807) is 4.90 Å². The summed E-state index contributed by atoms with van der Waals surface area (Å²) in [5, 5.41) is 0. The molecule has 3 rings (SSSR count). The van der Waals surface area contributed by atoms with Gasteiger partial charge in [0.25, 0.3) is 5.91 Å². The lowest BCUT2D eigenvalue weighted by Crippen LogP contribution is -2.43. The van der Waals surface area contributed by atoms with E-state index in [0.717, 1.165) is 16.7 Å². The summed E-state index contributed by atoms with van der Waals surface area (Å²) in [5.41, 5.74) is 4.49. The molecule has 1 unspecified atom stereocenters. The first-order valence-electron chi connectivity index (χ1n) is 10.4. The highest BCUT2D eigenvalue weighted by Gasteiger charge is 2.34. The number of sulfone groups is 1. The van der Waals surface area contributed by atoms with Gasteiger partial charge in [-0.2, -0.15) is 0 Å². The van der Waals surface area contributed by atoms with Crippen LogP contribution in [0, 0.1) is 13.8 Å². The summed E-state index contributed by atoms with van der Waals surface area (Å²) in [4.78, 5) is 14.7. The highest BCUT2D eigenvalue weighted by atomic mass is 32.2. The van der Waals surface area contributed by atoms with E-state index >= 15 is 0 Å². The number of hydrogen-bond donors (Lipinski definition) is 0. The van der Waals surface area contributed by atoms with Crippen molar-refractivity contribution in [3.05, 3.63) is 64.7 Å². The van der Waals surface area contributed by atoms with Crippen molar-refractivity contribution in [3.63, 3.8) is 0 Å². The van der Waals surface area contributed by atoms with Gasteiger partial charge in [0.15, 0.2) is 16.4 Å². The van der Waals surface area contributed by atoms with Crippen LogP contribution in [0.4, 0.5) is 0 Å². The maximum absolute atomic E-state index is 13.1. The number of ether oxygens (including phenoxy) is 1. The van der Waals surface area contributed by atoms with Crippen molar-refractivity contribution in [2.45, 2.75) is 52.6 Å². The number of amides is 1. The minimum absolute atomic E-state index is 0.0203. The molecule has 1 aliphatic heterocycles. The Morgan fingerprint density at radius 3 is 2.37 bits per heavy atom. The average Bonchev–Trinajstić information content (AvgIpc) is 3.06. The summed E-state index contributed by atoms with van der Waals surface area (Å²) in [6.07, 6.45) is 0.474. The minimum Gasteiger partial charge on any atom is -0.484 e. The summed E-state index contributed by atoms with van der Waals surface area (Å²) in [6, 6.07) is 13.6. The number of benzene rings is 2. The van der Waals surface area contributed by atoms with E-state index in [1.165, 1.54) is 5.56 Å². The van der Waals surface area contributed by atoms with Gasteiger partial charge in [-0.15, -0.1) is 0 Å². The molecule has 1 atom stereocenters. The van der Waals surface area contributed by atoms with Crippen LogP contribution in [0.2, 0.25) is 0 Å². The average molecular weight is 430 g/mol. The first-order chi connectivity index (χ1) is 14.1. The van der Waals surface area contributed by atoms with Crippen LogP contribution < -0.4 is 4.74 Å². The number of carbonyl (C=O) groups excluding carboxylic acids is 1. The second-order valence-corrected chi connectivity index (χ2v) is 10.7. The monoisotopic (exact) mass is 429 g/mol. The Kier molecular flexibility index (Phi) is 6.86. The third kappa shape index (κ3) is 5.63. The zero-order chi connectivity index (χ0) is 21.9. The molecule has 30 heavy (non-hydrogen) atoms. The van der Waals surface area contributed by atoms with Crippen LogP contribution in [0.3, 0.4) is 0 Å². The van der Waals surface area contributed by atoms with Gasteiger partial charge < -0.3 is 9.64 Å². The number of rotatable bonds is 7. The molecule has 0 spiro atoms. The Morgan fingerprint density at radius 1 is 1.10 bits per heavy atom. The molecule has 0 radical (unpaired) electrons. The molecule has 1 aliphatic rings. The van der Waals surface area contributed by atoms with Crippen molar-refractivity contribution in [1.82, 2.24) is 4.90 Å². The largest absolute Gasteiger partial charge is 0.484 e.